The Morgan fingerprint density at radius 3 is 2.90 bits per heavy atom. The van der Waals surface area contributed by atoms with Crippen LogP contribution in [0.4, 0.5) is 11.4 Å². The van der Waals surface area contributed by atoms with Gasteiger partial charge in [0.25, 0.3) is 5.69 Å². The molecule has 5 heteroatoms. The van der Waals surface area contributed by atoms with E-state index in [9.17, 15) is 10.1 Å². The third-order valence-corrected chi connectivity index (χ3v) is 3.57. The lowest BCUT2D eigenvalue weighted by atomic mass is 10.1. The Hall–Kier alpha value is -2.82. The number of nitrogens with one attached hydrogen (secondary N) is 2. The number of nitro benzene ring substituents is 1. The molecule has 0 spiro atoms. The molecule has 0 saturated carbocycles. The van der Waals surface area contributed by atoms with Crippen molar-refractivity contribution in [3.63, 3.8) is 0 Å². The molecule has 0 fully saturated rings. The molecule has 3 aromatic rings. The second-order valence-electron chi connectivity index (χ2n) is 4.97. The maximum Gasteiger partial charge on any atom is 0.271 e. The number of H-pyrrole nitrogens is 1. The van der Waals surface area contributed by atoms with Gasteiger partial charge < -0.3 is 10.3 Å². The van der Waals surface area contributed by atoms with Gasteiger partial charge in [-0.05, 0) is 29.5 Å². The highest BCUT2D eigenvalue weighted by Gasteiger charge is 2.09. The van der Waals surface area contributed by atoms with E-state index in [1.807, 2.05) is 37.4 Å². The highest BCUT2D eigenvalue weighted by atomic mass is 16.6. The molecule has 0 aliphatic heterocycles. The summed E-state index contributed by atoms with van der Waals surface area (Å²) in [5.41, 5.74) is 4.09. The number of aromatic nitrogens is 1. The molecular weight excluding hydrogens is 266 g/mol. The summed E-state index contributed by atoms with van der Waals surface area (Å²) < 4.78 is 0. The summed E-state index contributed by atoms with van der Waals surface area (Å²) in [7, 11) is 0. The van der Waals surface area contributed by atoms with E-state index in [-0.39, 0.29) is 10.6 Å². The SMILES string of the molecule is Cc1ccc([N+](=O)[O-])cc1NCc1cccc2cc[nH]c12. The predicted octanol–water partition coefficient (Wildman–Crippen LogP) is 4.00. The summed E-state index contributed by atoms with van der Waals surface area (Å²) in [5, 5.41) is 15.3. The lowest BCUT2D eigenvalue weighted by molar-refractivity contribution is -0.384. The fraction of sp³-hybridized carbons (Fsp3) is 0.125. The summed E-state index contributed by atoms with van der Waals surface area (Å²) >= 11 is 0. The minimum absolute atomic E-state index is 0.0983. The summed E-state index contributed by atoms with van der Waals surface area (Å²) in [5.74, 6) is 0. The molecule has 5 nitrogen and oxygen atoms in total. The number of aryl methyl sites for hydroxylation is 1. The predicted molar refractivity (Wildman–Crippen MR) is 83.5 cm³/mol. The Labute approximate surface area is 121 Å². The second kappa shape index (κ2) is 5.28. The van der Waals surface area contributed by atoms with E-state index in [0.29, 0.717) is 6.54 Å². The van der Waals surface area contributed by atoms with Crippen molar-refractivity contribution in [2.45, 2.75) is 13.5 Å². The van der Waals surface area contributed by atoms with Crippen molar-refractivity contribution in [3.05, 3.63) is 69.9 Å². The van der Waals surface area contributed by atoms with Gasteiger partial charge in [-0.2, -0.15) is 0 Å². The van der Waals surface area contributed by atoms with E-state index in [1.54, 1.807) is 12.1 Å². The number of para-hydroxylation sites is 1. The normalized spacial score (nSPS) is 10.7. The molecule has 0 bridgehead atoms. The number of nitrogens with zero attached hydrogens (tertiary/aromatic N) is 1. The van der Waals surface area contributed by atoms with Gasteiger partial charge in [0.05, 0.1) is 10.4 Å². The van der Waals surface area contributed by atoms with Crippen molar-refractivity contribution in [1.82, 2.24) is 4.98 Å². The van der Waals surface area contributed by atoms with Crippen LogP contribution in [-0.2, 0) is 6.54 Å². The van der Waals surface area contributed by atoms with E-state index in [2.05, 4.69) is 10.3 Å². The van der Waals surface area contributed by atoms with Crippen LogP contribution in [0.5, 0.6) is 0 Å². The molecule has 0 aliphatic rings. The fourth-order valence-electron chi connectivity index (χ4n) is 2.40. The molecule has 1 aromatic heterocycles. The van der Waals surface area contributed by atoms with Crippen LogP contribution in [0.3, 0.4) is 0 Å². The number of benzene rings is 2. The molecule has 2 aromatic carbocycles. The third kappa shape index (κ3) is 2.58. The summed E-state index contributed by atoms with van der Waals surface area (Å²) in [6, 6.07) is 13.0. The van der Waals surface area contributed by atoms with Crippen LogP contribution in [0.25, 0.3) is 10.9 Å². The third-order valence-electron chi connectivity index (χ3n) is 3.57. The van der Waals surface area contributed by atoms with Crippen LogP contribution < -0.4 is 5.32 Å². The number of anilines is 1. The van der Waals surface area contributed by atoms with Gasteiger partial charge in [0, 0.05) is 30.6 Å². The second-order valence-corrected chi connectivity index (χ2v) is 4.97. The maximum absolute atomic E-state index is 10.9. The zero-order chi connectivity index (χ0) is 14.8. The summed E-state index contributed by atoms with van der Waals surface area (Å²) in [6.45, 7) is 2.54. The lowest BCUT2D eigenvalue weighted by Gasteiger charge is -2.10. The number of non-ortho nitro benzene ring substituents is 1. The van der Waals surface area contributed by atoms with Gasteiger partial charge in [-0.25, -0.2) is 0 Å². The van der Waals surface area contributed by atoms with Crippen molar-refractivity contribution in [1.29, 1.82) is 0 Å². The van der Waals surface area contributed by atoms with Crippen molar-refractivity contribution in [2.75, 3.05) is 5.32 Å². The molecule has 0 aliphatic carbocycles. The van der Waals surface area contributed by atoms with Gasteiger partial charge in [0.15, 0.2) is 0 Å². The van der Waals surface area contributed by atoms with Gasteiger partial charge >= 0.3 is 0 Å². The van der Waals surface area contributed by atoms with Gasteiger partial charge in [0.2, 0.25) is 0 Å². The molecule has 0 saturated heterocycles. The molecule has 3 rings (SSSR count). The summed E-state index contributed by atoms with van der Waals surface area (Å²) in [6.07, 6.45) is 1.91. The van der Waals surface area contributed by atoms with Crippen LogP contribution in [0.2, 0.25) is 0 Å². The van der Waals surface area contributed by atoms with Crippen LogP contribution in [-0.4, -0.2) is 9.91 Å². The van der Waals surface area contributed by atoms with E-state index in [4.69, 9.17) is 0 Å². The van der Waals surface area contributed by atoms with Gasteiger partial charge in [-0.3, -0.25) is 10.1 Å². The fourth-order valence-corrected chi connectivity index (χ4v) is 2.40. The number of aromatic amines is 1. The Balaban J connectivity index is 1.86. The van der Waals surface area contributed by atoms with Gasteiger partial charge in [0.1, 0.15) is 0 Å². The monoisotopic (exact) mass is 281 g/mol. The lowest BCUT2D eigenvalue weighted by Crippen LogP contribution is -2.02. The number of fused-ring (bicyclic) bond motifs is 1. The smallest absolute Gasteiger partial charge is 0.271 e. The first kappa shape index (κ1) is 13.2. The molecule has 1 heterocycles. The van der Waals surface area contributed by atoms with E-state index in [1.165, 1.54) is 6.07 Å². The Morgan fingerprint density at radius 1 is 1.24 bits per heavy atom. The van der Waals surface area contributed by atoms with Crippen molar-refractivity contribution >= 4 is 22.3 Å². The highest BCUT2D eigenvalue weighted by Crippen LogP contribution is 2.23. The van der Waals surface area contributed by atoms with E-state index < -0.39 is 0 Å². The molecule has 0 radical (unpaired) electrons. The Kier molecular flexibility index (Phi) is 3.31. The quantitative estimate of drug-likeness (QED) is 0.561. The molecule has 0 unspecified atom stereocenters. The largest absolute Gasteiger partial charge is 0.380 e. The number of hydrogen-bond acceptors (Lipinski definition) is 3. The van der Waals surface area contributed by atoms with E-state index >= 15 is 0 Å². The molecule has 106 valence electrons. The first-order valence-corrected chi connectivity index (χ1v) is 6.69. The van der Waals surface area contributed by atoms with Crippen molar-refractivity contribution in [2.24, 2.45) is 0 Å². The molecule has 0 atom stereocenters. The zero-order valence-corrected chi connectivity index (χ0v) is 11.6. The number of hydrogen-bond donors (Lipinski definition) is 2. The molecule has 0 amide bonds. The molecular formula is C16H15N3O2. The van der Waals surface area contributed by atoms with E-state index in [0.717, 1.165) is 27.7 Å². The standard InChI is InChI=1S/C16H15N3O2/c1-11-5-6-14(19(20)21)9-15(11)18-10-13-4-2-3-12-7-8-17-16(12)13/h2-9,17-18H,10H2,1H3. The molecule has 2 N–H and O–H groups in total. The minimum Gasteiger partial charge on any atom is -0.380 e. The first-order chi connectivity index (χ1) is 10.1. The Morgan fingerprint density at radius 2 is 2.10 bits per heavy atom. The van der Waals surface area contributed by atoms with Crippen LogP contribution in [0.1, 0.15) is 11.1 Å². The Bertz CT molecular complexity index is 808. The average molecular weight is 281 g/mol. The highest BCUT2D eigenvalue weighted by molar-refractivity contribution is 5.82. The minimum atomic E-state index is -0.379. The number of nitro groups is 1. The summed E-state index contributed by atoms with van der Waals surface area (Å²) in [4.78, 5) is 13.7. The average Bonchev–Trinajstić information content (AvgIpc) is 2.95. The van der Waals surface area contributed by atoms with Gasteiger partial charge in [-0.15, -0.1) is 0 Å². The first-order valence-electron chi connectivity index (χ1n) is 6.69. The van der Waals surface area contributed by atoms with Crippen LogP contribution in [0, 0.1) is 17.0 Å². The van der Waals surface area contributed by atoms with Crippen molar-refractivity contribution in [3.8, 4) is 0 Å². The van der Waals surface area contributed by atoms with Crippen molar-refractivity contribution < 1.29 is 4.92 Å². The molecule has 21 heavy (non-hydrogen) atoms. The zero-order valence-electron chi connectivity index (χ0n) is 11.6. The van der Waals surface area contributed by atoms with Gasteiger partial charge in [-0.1, -0.05) is 24.3 Å². The topological polar surface area (TPSA) is 71.0 Å². The number of rotatable bonds is 4. The van der Waals surface area contributed by atoms with Crippen LogP contribution in [0.15, 0.2) is 48.7 Å². The van der Waals surface area contributed by atoms with Crippen LogP contribution >= 0.6 is 0 Å². The maximum atomic E-state index is 10.9.